The number of rotatable bonds is 8. The molecule has 36 heavy (non-hydrogen) atoms. The topological polar surface area (TPSA) is 79.7 Å². The Bertz CT molecular complexity index is 1160. The van der Waals surface area contributed by atoms with Crippen LogP contribution in [-0.4, -0.2) is 43.8 Å². The number of fused-ring (bicyclic) bond motifs is 1. The molecule has 0 unspecified atom stereocenters. The van der Waals surface area contributed by atoms with Crippen LogP contribution < -0.4 is 15.1 Å². The average Bonchev–Trinajstić information content (AvgIpc) is 3.15. The summed E-state index contributed by atoms with van der Waals surface area (Å²) in [5.74, 6) is -0.0190. The Morgan fingerprint density at radius 1 is 0.972 bits per heavy atom. The first-order chi connectivity index (χ1) is 17.4. The van der Waals surface area contributed by atoms with Gasteiger partial charge in [0.2, 0.25) is 5.91 Å². The summed E-state index contributed by atoms with van der Waals surface area (Å²) >= 11 is 0. The highest BCUT2D eigenvalue weighted by molar-refractivity contribution is 6.04. The maximum atomic E-state index is 13.0. The van der Waals surface area contributed by atoms with Gasteiger partial charge in [0.25, 0.3) is 0 Å². The summed E-state index contributed by atoms with van der Waals surface area (Å²) in [6.45, 7) is 0.768. The number of benzene rings is 2. The molecule has 2 aromatic carbocycles. The molecule has 7 heteroatoms. The Morgan fingerprint density at radius 3 is 2.22 bits per heavy atom. The van der Waals surface area contributed by atoms with Crippen molar-refractivity contribution < 1.29 is 9.59 Å². The Balaban J connectivity index is 1.39. The van der Waals surface area contributed by atoms with Crippen molar-refractivity contribution in [3.8, 4) is 6.07 Å². The lowest BCUT2D eigenvalue weighted by atomic mass is 9.94. The predicted molar refractivity (Wildman–Crippen MR) is 144 cm³/mol. The highest BCUT2D eigenvalue weighted by Crippen LogP contribution is 2.40. The van der Waals surface area contributed by atoms with Gasteiger partial charge in [-0.1, -0.05) is 49.6 Å². The molecule has 4 rings (SSSR count). The molecule has 0 radical (unpaired) electrons. The van der Waals surface area contributed by atoms with Crippen LogP contribution in [0.4, 0.5) is 17.1 Å². The minimum atomic E-state index is -0.334. The quantitative estimate of drug-likeness (QED) is 0.416. The van der Waals surface area contributed by atoms with Gasteiger partial charge < -0.3 is 15.1 Å². The number of Topliss-reactive ketones (excluding diaryl/α,β-unsaturated/α-hetero) is 1. The molecule has 1 aliphatic carbocycles. The number of carbonyl (C=O) groups excluding carboxylic acids is 2. The van der Waals surface area contributed by atoms with Crippen LogP contribution in [0, 0.1) is 11.3 Å². The average molecular weight is 486 g/mol. The molecule has 1 saturated carbocycles. The van der Waals surface area contributed by atoms with Crippen LogP contribution in [-0.2, 0) is 16.1 Å². The van der Waals surface area contributed by atoms with E-state index in [1.54, 1.807) is 0 Å². The smallest absolute Gasteiger partial charge is 0.224 e. The van der Waals surface area contributed by atoms with Crippen molar-refractivity contribution in [3.63, 3.8) is 0 Å². The molecule has 1 fully saturated rings. The lowest BCUT2D eigenvalue weighted by Crippen LogP contribution is -2.33. The number of allylic oxidation sites excluding steroid dienone is 1. The fourth-order valence-corrected chi connectivity index (χ4v) is 5.32. The summed E-state index contributed by atoms with van der Waals surface area (Å²) in [4.78, 5) is 31.9. The van der Waals surface area contributed by atoms with Crippen molar-refractivity contribution in [1.82, 2.24) is 4.90 Å². The second-order valence-electron chi connectivity index (χ2n) is 9.75. The molecule has 7 nitrogen and oxygen atoms in total. The van der Waals surface area contributed by atoms with Gasteiger partial charge in [0.1, 0.15) is 17.5 Å². The Kier molecular flexibility index (Phi) is 8.07. The van der Waals surface area contributed by atoms with Crippen molar-refractivity contribution in [2.75, 3.05) is 36.3 Å². The van der Waals surface area contributed by atoms with Gasteiger partial charge in [0, 0.05) is 45.2 Å². The molecule has 188 valence electrons. The Labute approximate surface area is 214 Å². The van der Waals surface area contributed by atoms with E-state index in [2.05, 4.69) is 23.3 Å². The molecule has 1 amide bonds. The van der Waals surface area contributed by atoms with Crippen molar-refractivity contribution in [2.45, 2.75) is 57.5 Å². The standard InChI is InChI=1S/C29H35N5O2/c1-32(22-12-5-4-6-13-22)20-21-11-7-8-14-24(21)31-28(36)18-17-27(35)23(19-30)29-33(2)25-15-9-10-16-26(25)34(29)3/h7-11,14-16,22H,4-6,12-13,17-18,20H2,1-3H3,(H,31,36). The maximum Gasteiger partial charge on any atom is 0.224 e. The van der Waals surface area contributed by atoms with Gasteiger partial charge in [-0.25, -0.2) is 0 Å². The zero-order valence-corrected chi connectivity index (χ0v) is 21.5. The van der Waals surface area contributed by atoms with Gasteiger partial charge in [-0.3, -0.25) is 14.5 Å². The first kappa shape index (κ1) is 25.5. The summed E-state index contributed by atoms with van der Waals surface area (Å²) < 4.78 is 0. The van der Waals surface area contributed by atoms with Crippen LogP contribution >= 0.6 is 0 Å². The van der Waals surface area contributed by atoms with Crippen LogP contribution in [0.3, 0.4) is 0 Å². The van der Waals surface area contributed by atoms with Gasteiger partial charge in [-0.2, -0.15) is 5.26 Å². The second kappa shape index (κ2) is 11.4. The fourth-order valence-electron chi connectivity index (χ4n) is 5.32. The van der Waals surface area contributed by atoms with Crippen LogP contribution in [0.5, 0.6) is 0 Å². The number of anilines is 3. The van der Waals surface area contributed by atoms with E-state index in [9.17, 15) is 14.9 Å². The number of ketones is 1. The minimum absolute atomic E-state index is 0.0183. The monoisotopic (exact) mass is 485 g/mol. The first-order valence-electron chi connectivity index (χ1n) is 12.7. The summed E-state index contributed by atoms with van der Waals surface area (Å²) in [6, 6.07) is 18.3. The number of nitrogens with zero attached hydrogens (tertiary/aromatic N) is 4. The second-order valence-corrected chi connectivity index (χ2v) is 9.75. The first-order valence-corrected chi connectivity index (χ1v) is 12.7. The molecule has 2 aromatic rings. The number of nitrogens with one attached hydrogen (secondary N) is 1. The van der Waals surface area contributed by atoms with Crippen LogP contribution in [0.25, 0.3) is 0 Å². The third-order valence-electron chi connectivity index (χ3n) is 7.34. The highest BCUT2D eigenvalue weighted by atomic mass is 16.2. The van der Waals surface area contributed by atoms with E-state index >= 15 is 0 Å². The third-order valence-corrected chi connectivity index (χ3v) is 7.34. The molecule has 0 atom stereocenters. The lowest BCUT2D eigenvalue weighted by molar-refractivity contribution is -0.120. The van der Waals surface area contributed by atoms with Crippen LogP contribution in [0.2, 0.25) is 0 Å². The van der Waals surface area contributed by atoms with Gasteiger partial charge in [0.05, 0.1) is 11.4 Å². The molecule has 2 aliphatic rings. The number of nitriles is 1. The molecule has 0 bridgehead atoms. The SMILES string of the molecule is CN1C(=C(C#N)C(=O)CCC(=O)Nc2ccccc2CN(C)C2CCCCC2)N(C)c2ccccc21. The Hall–Kier alpha value is -3.63. The molecule has 0 aromatic heterocycles. The van der Waals surface area contributed by atoms with E-state index in [4.69, 9.17) is 0 Å². The van der Waals surface area contributed by atoms with Gasteiger partial charge in [-0.15, -0.1) is 0 Å². The zero-order valence-electron chi connectivity index (χ0n) is 21.5. The molecule has 1 N–H and O–H groups in total. The molecular weight excluding hydrogens is 450 g/mol. The summed E-state index contributed by atoms with van der Waals surface area (Å²) in [6.07, 6.45) is 6.31. The van der Waals surface area contributed by atoms with Gasteiger partial charge in [0.15, 0.2) is 5.78 Å². The van der Waals surface area contributed by atoms with Crippen molar-refractivity contribution >= 4 is 28.8 Å². The van der Waals surface area contributed by atoms with Crippen molar-refractivity contribution in [1.29, 1.82) is 5.26 Å². The van der Waals surface area contributed by atoms with Gasteiger partial charge >= 0.3 is 0 Å². The third kappa shape index (κ3) is 5.44. The molecule has 0 spiro atoms. The van der Waals surface area contributed by atoms with Crippen LogP contribution in [0.15, 0.2) is 59.9 Å². The molecule has 1 heterocycles. The lowest BCUT2D eigenvalue weighted by Gasteiger charge is -2.31. The molecule has 1 aliphatic heterocycles. The highest BCUT2D eigenvalue weighted by Gasteiger charge is 2.31. The number of carbonyl (C=O) groups is 2. The summed E-state index contributed by atoms with van der Waals surface area (Å²) in [5.41, 5.74) is 3.78. The normalized spacial score (nSPS) is 15.6. The largest absolute Gasteiger partial charge is 0.328 e. The van der Waals surface area contributed by atoms with Crippen molar-refractivity contribution in [3.05, 3.63) is 65.5 Å². The maximum absolute atomic E-state index is 13.0. The van der Waals surface area contributed by atoms with E-state index in [0.29, 0.717) is 11.9 Å². The summed E-state index contributed by atoms with van der Waals surface area (Å²) in [7, 11) is 5.84. The van der Waals surface area contributed by atoms with E-state index in [1.807, 2.05) is 72.4 Å². The number of hydrogen-bond acceptors (Lipinski definition) is 6. The van der Waals surface area contributed by atoms with E-state index in [0.717, 1.165) is 29.2 Å². The zero-order chi connectivity index (χ0) is 25.7. The van der Waals surface area contributed by atoms with Crippen molar-refractivity contribution in [2.24, 2.45) is 0 Å². The number of hydrogen-bond donors (Lipinski definition) is 1. The molecule has 0 saturated heterocycles. The van der Waals surface area contributed by atoms with Crippen LogP contribution in [0.1, 0.15) is 50.5 Å². The minimum Gasteiger partial charge on any atom is -0.328 e. The number of para-hydroxylation sites is 3. The molecular formula is C29H35N5O2. The predicted octanol–water partition coefficient (Wildman–Crippen LogP) is 5.06. The summed E-state index contributed by atoms with van der Waals surface area (Å²) in [5, 5.41) is 12.8. The van der Waals surface area contributed by atoms with Gasteiger partial charge in [-0.05, 0) is 43.7 Å². The van der Waals surface area contributed by atoms with E-state index in [1.165, 1.54) is 32.1 Å². The van der Waals surface area contributed by atoms with E-state index < -0.39 is 0 Å². The van der Waals surface area contributed by atoms with E-state index in [-0.39, 0.29) is 30.1 Å². The number of amides is 1. The fraction of sp³-hybridized carbons (Fsp3) is 0.414. The Morgan fingerprint density at radius 2 is 1.58 bits per heavy atom.